The van der Waals surface area contributed by atoms with Crippen molar-refractivity contribution in [2.24, 2.45) is 17.6 Å². The Morgan fingerprint density at radius 1 is 1.20 bits per heavy atom. The normalized spacial score (nSPS) is 28.9. The maximum atomic E-state index is 14.0. The molecule has 0 fully saturated rings. The lowest BCUT2D eigenvalue weighted by molar-refractivity contribution is -0.162. The first-order chi connectivity index (χ1) is 20.6. The number of nitrogens with zero attached hydrogens (tertiary/aromatic N) is 4. The molecule has 0 saturated heterocycles. The van der Waals surface area contributed by atoms with Crippen LogP contribution in [0.1, 0.15) is 54.0 Å². The molecular formula is C29H34N6O9. The number of fused-ring (bicyclic) bond motifs is 3. The number of ketones is 2. The Hall–Kier alpha value is -4.60. The van der Waals surface area contributed by atoms with Gasteiger partial charge in [0.2, 0.25) is 11.7 Å². The van der Waals surface area contributed by atoms with Gasteiger partial charge in [0, 0.05) is 11.5 Å². The number of aryl methyl sites for hydroxylation is 1. The van der Waals surface area contributed by atoms with E-state index in [0.717, 1.165) is 0 Å². The van der Waals surface area contributed by atoms with E-state index >= 15 is 0 Å². The number of carbonyl (C=O) groups is 4. The predicted octanol–water partition coefficient (Wildman–Crippen LogP) is 0.142. The Morgan fingerprint density at radius 2 is 1.86 bits per heavy atom. The third-order valence-corrected chi connectivity index (χ3v) is 9.17. The first-order valence-corrected chi connectivity index (χ1v) is 14.0. The van der Waals surface area contributed by atoms with E-state index < -0.39 is 93.3 Å². The number of aromatic hydroxyl groups is 1. The average molecular weight is 611 g/mol. The lowest BCUT2D eigenvalue weighted by Crippen LogP contribution is -2.68. The molecular weight excluding hydrogens is 576 g/mol. The summed E-state index contributed by atoms with van der Waals surface area (Å²) in [4.78, 5) is 54.3. The first-order valence-electron chi connectivity index (χ1n) is 14.0. The highest BCUT2D eigenvalue weighted by Crippen LogP contribution is 2.56. The number of primary amides is 1. The number of hydrogen-bond acceptors (Lipinski definition) is 12. The van der Waals surface area contributed by atoms with Gasteiger partial charge < -0.3 is 41.2 Å². The van der Waals surface area contributed by atoms with Gasteiger partial charge in [0.1, 0.15) is 35.3 Å². The summed E-state index contributed by atoms with van der Waals surface area (Å²) in [7, 11) is 2.93. The molecule has 1 heterocycles. The van der Waals surface area contributed by atoms with E-state index in [1.165, 1.54) is 37.5 Å². The summed E-state index contributed by atoms with van der Waals surface area (Å²) in [6, 6.07) is 0.811. The smallest absolute Gasteiger partial charge is 0.255 e. The number of Topliss-reactive ketones (excluding diaryl/α,β-unsaturated/α-hetero) is 2. The molecule has 1 aromatic carbocycles. The van der Waals surface area contributed by atoms with Crippen molar-refractivity contribution in [3.63, 3.8) is 0 Å². The van der Waals surface area contributed by atoms with Gasteiger partial charge in [-0.05, 0) is 45.0 Å². The van der Waals surface area contributed by atoms with Gasteiger partial charge in [-0.3, -0.25) is 24.1 Å². The lowest BCUT2D eigenvalue weighted by Gasteiger charge is -2.53. The molecule has 44 heavy (non-hydrogen) atoms. The van der Waals surface area contributed by atoms with Gasteiger partial charge in [0.25, 0.3) is 5.91 Å². The zero-order chi connectivity index (χ0) is 32.6. The second-order valence-corrected chi connectivity index (χ2v) is 11.7. The number of aromatic nitrogens is 3. The second-order valence-electron chi connectivity index (χ2n) is 11.7. The predicted molar refractivity (Wildman–Crippen MR) is 152 cm³/mol. The van der Waals surface area contributed by atoms with E-state index in [1.807, 2.05) is 0 Å². The number of anilines is 1. The fourth-order valence-electron chi connectivity index (χ4n) is 7.05. The first kappa shape index (κ1) is 30.8. The van der Waals surface area contributed by atoms with Crippen LogP contribution in [-0.2, 0) is 14.4 Å². The lowest BCUT2D eigenvalue weighted by atomic mass is 9.55. The number of nitrogens with two attached hydrogens (primary N) is 1. The van der Waals surface area contributed by atoms with Crippen LogP contribution in [0.4, 0.5) is 5.69 Å². The summed E-state index contributed by atoms with van der Waals surface area (Å²) in [5.41, 5.74) is 0.670. The topological polar surface area (TPSA) is 241 Å². The van der Waals surface area contributed by atoms with E-state index in [2.05, 4.69) is 15.5 Å². The number of hydrogen-bond donors (Lipinski definition) is 7. The number of aliphatic hydroxyl groups excluding tert-OH is 3. The van der Waals surface area contributed by atoms with Crippen molar-refractivity contribution in [3.05, 3.63) is 58.1 Å². The van der Waals surface area contributed by atoms with Crippen LogP contribution in [0.15, 0.2) is 41.1 Å². The highest BCUT2D eigenvalue weighted by molar-refractivity contribution is 6.25. The summed E-state index contributed by atoms with van der Waals surface area (Å²) in [6.07, 6.45) is 0.0466. The van der Waals surface area contributed by atoms with Crippen LogP contribution in [-0.4, -0.2) is 100 Å². The van der Waals surface area contributed by atoms with Gasteiger partial charge in [-0.15, -0.1) is 10.2 Å². The number of benzene rings is 1. The molecule has 5 unspecified atom stereocenters. The van der Waals surface area contributed by atoms with Gasteiger partial charge in [-0.25, -0.2) is 0 Å². The van der Waals surface area contributed by atoms with Crippen molar-refractivity contribution in [3.8, 4) is 5.75 Å². The fraction of sp³-hybridized carbons (Fsp3) is 0.448. The maximum Gasteiger partial charge on any atom is 0.255 e. The Kier molecular flexibility index (Phi) is 7.39. The Morgan fingerprint density at radius 3 is 2.41 bits per heavy atom. The number of likely N-dealkylation sites (N-methyl/N-ethyl adjacent to an activating group) is 1. The molecule has 5 rings (SSSR count). The SMILES string of the molecule is CCC(C(=O)Nc1ccc2c(c1O)C(=O)C1=C(O)[C@]3(O)C(=O)C(C(N)=O)=C(O)[C@@H](N(C)C)C3C(O)C1C2C)n1cnnc1C. The molecule has 0 bridgehead atoms. The number of carbonyl (C=O) groups excluding carboxylic acids is 4. The molecule has 0 radical (unpaired) electrons. The molecule has 0 spiro atoms. The molecule has 0 aliphatic heterocycles. The standard InChI is InChI=1S/C29H34N6O9/c1-6-14(35-9-31-33-11(35)3)28(43)32-13-8-7-12-10(2)15-17(22(37)16(12)21(13)36)25(40)29(44)19(23(15)38)20(34(4)5)24(39)18(26(29)41)27(30)42/h7-10,14-15,19-20,23,36,38-40,44H,6H2,1-5H3,(H2,30,42)(H,32,43)/t10?,14?,15?,19?,20-,23?,29-/m0/s1. The van der Waals surface area contributed by atoms with Crippen molar-refractivity contribution >= 4 is 29.1 Å². The minimum atomic E-state index is -3.02. The van der Waals surface area contributed by atoms with Crippen LogP contribution in [0, 0.1) is 18.8 Å². The van der Waals surface area contributed by atoms with E-state index in [1.54, 1.807) is 25.3 Å². The van der Waals surface area contributed by atoms with Crippen molar-refractivity contribution in [2.45, 2.75) is 56.9 Å². The quantitative estimate of drug-likeness (QED) is 0.171. The number of phenols is 1. The molecule has 7 atom stereocenters. The van der Waals surface area contributed by atoms with Gasteiger partial charge >= 0.3 is 0 Å². The highest BCUT2D eigenvalue weighted by atomic mass is 16.4. The van der Waals surface area contributed by atoms with Crippen molar-refractivity contribution in [1.82, 2.24) is 19.7 Å². The molecule has 3 aliphatic rings. The highest BCUT2D eigenvalue weighted by Gasteiger charge is 2.67. The fourth-order valence-corrected chi connectivity index (χ4v) is 7.05. The number of amides is 2. The molecule has 8 N–H and O–H groups in total. The van der Waals surface area contributed by atoms with Crippen molar-refractivity contribution in [1.29, 1.82) is 0 Å². The largest absolute Gasteiger partial charge is 0.510 e. The maximum absolute atomic E-state index is 14.0. The van der Waals surface area contributed by atoms with Crippen molar-refractivity contribution < 1.29 is 44.7 Å². The minimum absolute atomic E-state index is 0.116. The van der Waals surface area contributed by atoms with E-state index in [9.17, 15) is 44.7 Å². The summed E-state index contributed by atoms with van der Waals surface area (Å²) < 4.78 is 1.56. The van der Waals surface area contributed by atoms with Crippen LogP contribution in [0.25, 0.3) is 0 Å². The molecule has 1 aromatic heterocycles. The molecule has 0 saturated carbocycles. The van der Waals surface area contributed by atoms with Gasteiger partial charge in [-0.1, -0.05) is 19.9 Å². The summed E-state index contributed by atoms with van der Waals surface area (Å²) in [5, 5.41) is 67.5. The van der Waals surface area contributed by atoms with E-state index in [-0.39, 0.29) is 16.8 Å². The van der Waals surface area contributed by atoms with E-state index in [4.69, 9.17) is 5.73 Å². The Balaban J connectivity index is 1.64. The Bertz CT molecular complexity index is 1680. The molecule has 234 valence electrons. The number of phenolic OH excluding ortho intramolecular Hbond substituents is 1. The molecule has 2 aromatic rings. The summed E-state index contributed by atoms with van der Waals surface area (Å²) in [6.45, 7) is 5.07. The zero-order valence-corrected chi connectivity index (χ0v) is 24.6. The zero-order valence-electron chi connectivity index (χ0n) is 24.6. The van der Waals surface area contributed by atoms with Crippen LogP contribution in [0.2, 0.25) is 0 Å². The third-order valence-electron chi connectivity index (χ3n) is 9.17. The second kappa shape index (κ2) is 10.5. The summed E-state index contributed by atoms with van der Waals surface area (Å²) >= 11 is 0. The van der Waals surface area contributed by atoms with E-state index in [0.29, 0.717) is 12.2 Å². The molecule has 15 heteroatoms. The van der Waals surface area contributed by atoms with Gasteiger partial charge in [-0.2, -0.15) is 0 Å². The molecule has 3 aliphatic carbocycles. The number of rotatable bonds is 6. The monoisotopic (exact) mass is 610 g/mol. The minimum Gasteiger partial charge on any atom is -0.510 e. The average Bonchev–Trinajstić information content (AvgIpc) is 3.37. The third kappa shape index (κ3) is 4.07. The van der Waals surface area contributed by atoms with Crippen LogP contribution in [0.3, 0.4) is 0 Å². The summed E-state index contributed by atoms with van der Waals surface area (Å²) in [5.74, 6) is -10.00. The van der Waals surface area contributed by atoms with Crippen LogP contribution >= 0.6 is 0 Å². The number of aliphatic hydroxyl groups is 4. The van der Waals surface area contributed by atoms with Crippen LogP contribution in [0.5, 0.6) is 5.75 Å². The van der Waals surface area contributed by atoms with Gasteiger partial charge in [0.15, 0.2) is 17.1 Å². The molecule has 2 amide bonds. The van der Waals surface area contributed by atoms with Crippen molar-refractivity contribution in [2.75, 3.05) is 19.4 Å². The number of nitrogens with one attached hydrogen (secondary N) is 1. The van der Waals surface area contributed by atoms with Crippen LogP contribution < -0.4 is 11.1 Å². The van der Waals surface area contributed by atoms with Gasteiger partial charge in [0.05, 0.1) is 29.3 Å². The molecule has 15 nitrogen and oxygen atoms in total. The Labute approximate surface area is 251 Å².